The maximum atomic E-state index is 10.4. The minimum atomic E-state index is -0.770. The van der Waals surface area contributed by atoms with Crippen LogP contribution in [0.3, 0.4) is 0 Å². The fraction of sp³-hybridized carbons (Fsp3) is 0.429. The Balaban J connectivity index is 1.52. The van der Waals surface area contributed by atoms with Crippen LogP contribution in [0.4, 0.5) is 0 Å². The van der Waals surface area contributed by atoms with Gasteiger partial charge in [0.05, 0.1) is 0 Å². The van der Waals surface area contributed by atoms with E-state index in [0.717, 1.165) is 16.8 Å². The molecule has 3 aromatic rings. The SMILES string of the molecule is Cc1ncncc1C(O)NCc1ccc2[nH]c(C3CCCC3)c(C)c2c1. The molecule has 1 aliphatic carbocycles. The van der Waals surface area contributed by atoms with Crippen LogP contribution in [0.15, 0.2) is 30.7 Å². The summed E-state index contributed by atoms with van der Waals surface area (Å²) >= 11 is 0. The minimum Gasteiger partial charge on any atom is -0.374 e. The molecule has 2 heterocycles. The number of benzene rings is 1. The number of nitrogens with zero attached hydrogens (tertiary/aromatic N) is 2. The molecule has 1 fully saturated rings. The Morgan fingerprint density at radius 2 is 2.08 bits per heavy atom. The normalized spacial score (nSPS) is 16.4. The van der Waals surface area contributed by atoms with Gasteiger partial charge < -0.3 is 10.1 Å². The number of aliphatic hydroxyl groups excluding tert-OH is 1. The van der Waals surface area contributed by atoms with Crippen LogP contribution in [0, 0.1) is 13.8 Å². The molecule has 0 amide bonds. The van der Waals surface area contributed by atoms with Crippen molar-refractivity contribution < 1.29 is 5.11 Å². The van der Waals surface area contributed by atoms with E-state index in [-0.39, 0.29) is 0 Å². The number of aromatic amines is 1. The van der Waals surface area contributed by atoms with E-state index in [1.54, 1.807) is 6.20 Å². The van der Waals surface area contributed by atoms with Crippen molar-refractivity contribution in [1.82, 2.24) is 20.3 Å². The Bertz CT molecular complexity index is 912. The van der Waals surface area contributed by atoms with Crippen LogP contribution >= 0.6 is 0 Å². The minimum absolute atomic E-state index is 0.592. The predicted octanol–water partition coefficient (Wildman–Crippen LogP) is 4.01. The highest BCUT2D eigenvalue weighted by atomic mass is 16.3. The largest absolute Gasteiger partial charge is 0.374 e. The van der Waals surface area contributed by atoms with E-state index >= 15 is 0 Å². The summed E-state index contributed by atoms with van der Waals surface area (Å²) < 4.78 is 0. The lowest BCUT2D eigenvalue weighted by Gasteiger charge is -2.14. The lowest BCUT2D eigenvalue weighted by molar-refractivity contribution is 0.135. The molecule has 0 spiro atoms. The van der Waals surface area contributed by atoms with Crippen LogP contribution in [0.2, 0.25) is 0 Å². The van der Waals surface area contributed by atoms with Gasteiger partial charge in [0.15, 0.2) is 0 Å². The first-order valence-corrected chi connectivity index (χ1v) is 9.42. The number of rotatable bonds is 5. The fourth-order valence-electron chi connectivity index (χ4n) is 4.12. The van der Waals surface area contributed by atoms with Gasteiger partial charge in [-0.25, -0.2) is 9.97 Å². The molecule has 0 radical (unpaired) electrons. The maximum absolute atomic E-state index is 10.4. The molecule has 1 saturated carbocycles. The predicted molar refractivity (Wildman–Crippen MR) is 103 cm³/mol. The van der Waals surface area contributed by atoms with Gasteiger partial charge in [0.1, 0.15) is 12.6 Å². The van der Waals surface area contributed by atoms with Crippen LogP contribution < -0.4 is 5.32 Å². The lowest BCUT2D eigenvalue weighted by Crippen LogP contribution is -2.21. The highest BCUT2D eigenvalue weighted by Crippen LogP contribution is 2.37. The van der Waals surface area contributed by atoms with Crippen LogP contribution in [-0.2, 0) is 6.54 Å². The maximum Gasteiger partial charge on any atom is 0.134 e. The van der Waals surface area contributed by atoms with Gasteiger partial charge in [-0.3, -0.25) is 5.32 Å². The molecule has 4 rings (SSSR count). The number of aromatic nitrogens is 3. The summed E-state index contributed by atoms with van der Waals surface area (Å²) in [6.45, 7) is 4.69. The highest BCUT2D eigenvalue weighted by Gasteiger charge is 2.21. The Morgan fingerprint density at radius 1 is 1.27 bits per heavy atom. The zero-order valence-electron chi connectivity index (χ0n) is 15.4. The van der Waals surface area contributed by atoms with Crippen LogP contribution in [0.5, 0.6) is 0 Å². The van der Waals surface area contributed by atoms with Gasteiger partial charge in [-0.15, -0.1) is 0 Å². The molecule has 5 heteroatoms. The first-order valence-electron chi connectivity index (χ1n) is 9.42. The molecular weight excluding hydrogens is 324 g/mol. The van der Waals surface area contributed by atoms with E-state index in [9.17, 15) is 5.11 Å². The molecule has 1 aromatic carbocycles. The van der Waals surface area contributed by atoms with Crippen molar-refractivity contribution in [3.8, 4) is 0 Å². The first-order chi connectivity index (χ1) is 12.6. The van der Waals surface area contributed by atoms with Crippen LogP contribution in [0.25, 0.3) is 10.9 Å². The van der Waals surface area contributed by atoms with Crippen molar-refractivity contribution >= 4 is 10.9 Å². The van der Waals surface area contributed by atoms with Gasteiger partial charge >= 0.3 is 0 Å². The van der Waals surface area contributed by atoms with Crippen molar-refractivity contribution in [2.75, 3.05) is 0 Å². The molecule has 2 aromatic heterocycles. The Hall–Kier alpha value is -2.24. The fourth-order valence-corrected chi connectivity index (χ4v) is 4.12. The van der Waals surface area contributed by atoms with Gasteiger partial charge in [0, 0.05) is 40.6 Å². The zero-order chi connectivity index (χ0) is 18.1. The van der Waals surface area contributed by atoms with E-state index in [1.807, 2.05) is 6.92 Å². The Kier molecular flexibility index (Phi) is 4.74. The summed E-state index contributed by atoms with van der Waals surface area (Å²) in [4.78, 5) is 11.8. The number of hydrogen-bond acceptors (Lipinski definition) is 4. The van der Waals surface area contributed by atoms with Crippen molar-refractivity contribution in [2.45, 2.75) is 58.2 Å². The standard InChI is InChI=1S/C21H26N4O/c1-13-17-9-15(10-23-21(26)18-11-22-12-24-14(18)2)7-8-19(17)25-20(13)16-5-3-4-6-16/h7-9,11-12,16,21,23,25-26H,3-6,10H2,1-2H3. The molecular formula is C21H26N4O. The van der Waals surface area contributed by atoms with E-state index in [2.05, 4.69) is 45.4 Å². The van der Waals surface area contributed by atoms with Crippen molar-refractivity contribution in [3.63, 3.8) is 0 Å². The second-order valence-electron chi connectivity index (χ2n) is 7.37. The third kappa shape index (κ3) is 3.24. The summed E-state index contributed by atoms with van der Waals surface area (Å²) in [6.07, 6.45) is 7.67. The molecule has 5 nitrogen and oxygen atoms in total. The number of nitrogens with one attached hydrogen (secondary N) is 2. The quantitative estimate of drug-likeness (QED) is 0.608. The van der Waals surface area contributed by atoms with Crippen molar-refractivity contribution in [3.05, 3.63) is 58.8 Å². The van der Waals surface area contributed by atoms with E-state index in [0.29, 0.717) is 12.5 Å². The number of aliphatic hydroxyl groups is 1. The molecule has 26 heavy (non-hydrogen) atoms. The second-order valence-corrected chi connectivity index (χ2v) is 7.37. The molecule has 0 saturated heterocycles. The summed E-state index contributed by atoms with van der Waals surface area (Å²) in [5.74, 6) is 0.687. The topological polar surface area (TPSA) is 73.8 Å². The number of aryl methyl sites for hydroxylation is 2. The third-order valence-corrected chi connectivity index (χ3v) is 5.67. The average molecular weight is 350 g/mol. The summed E-state index contributed by atoms with van der Waals surface area (Å²) in [5, 5.41) is 14.8. The first kappa shape index (κ1) is 17.2. The monoisotopic (exact) mass is 350 g/mol. The van der Waals surface area contributed by atoms with E-state index < -0.39 is 6.23 Å². The van der Waals surface area contributed by atoms with Gasteiger partial charge in [-0.05, 0) is 55.9 Å². The van der Waals surface area contributed by atoms with Crippen molar-refractivity contribution in [2.24, 2.45) is 0 Å². The van der Waals surface area contributed by atoms with Crippen molar-refractivity contribution in [1.29, 1.82) is 0 Å². The molecule has 3 N–H and O–H groups in total. The molecule has 136 valence electrons. The highest BCUT2D eigenvalue weighted by molar-refractivity contribution is 5.85. The van der Waals surface area contributed by atoms with Crippen LogP contribution in [-0.4, -0.2) is 20.1 Å². The Morgan fingerprint density at radius 3 is 2.85 bits per heavy atom. The number of fused-ring (bicyclic) bond motifs is 1. The molecule has 1 aliphatic rings. The number of H-pyrrole nitrogens is 1. The van der Waals surface area contributed by atoms with E-state index in [4.69, 9.17) is 0 Å². The molecule has 0 bridgehead atoms. The Labute approximate surface area is 153 Å². The van der Waals surface area contributed by atoms with E-state index in [1.165, 1.54) is 54.2 Å². The lowest BCUT2D eigenvalue weighted by atomic mass is 9.99. The van der Waals surface area contributed by atoms with Gasteiger partial charge in [0.25, 0.3) is 0 Å². The average Bonchev–Trinajstić information content (AvgIpc) is 3.28. The molecule has 1 unspecified atom stereocenters. The molecule has 1 atom stereocenters. The summed E-state index contributed by atoms with van der Waals surface area (Å²) in [7, 11) is 0. The van der Waals surface area contributed by atoms with Gasteiger partial charge in [-0.2, -0.15) is 0 Å². The van der Waals surface area contributed by atoms with Crippen LogP contribution in [0.1, 0.15) is 65.9 Å². The van der Waals surface area contributed by atoms with Gasteiger partial charge in [-0.1, -0.05) is 18.9 Å². The smallest absolute Gasteiger partial charge is 0.134 e. The second kappa shape index (κ2) is 7.17. The molecule has 0 aliphatic heterocycles. The third-order valence-electron chi connectivity index (χ3n) is 5.67. The zero-order valence-corrected chi connectivity index (χ0v) is 15.4. The number of hydrogen-bond donors (Lipinski definition) is 3. The van der Waals surface area contributed by atoms with Gasteiger partial charge in [0.2, 0.25) is 0 Å². The summed E-state index contributed by atoms with van der Waals surface area (Å²) in [5.41, 5.74) is 6.67. The summed E-state index contributed by atoms with van der Waals surface area (Å²) in [6, 6.07) is 6.50.